The lowest BCUT2D eigenvalue weighted by Crippen LogP contribution is -2.55. The lowest BCUT2D eigenvalue weighted by atomic mass is 9.70. The Bertz CT molecular complexity index is 1150. The molecule has 228 valence electrons. The number of benzene rings is 1. The number of aliphatic hydroxyl groups excluding tert-OH is 1. The monoisotopic (exact) mass is 575 g/mol. The van der Waals surface area contributed by atoms with Crippen molar-refractivity contribution in [3.8, 4) is 11.5 Å². The van der Waals surface area contributed by atoms with E-state index in [-0.39, 0.29) is 35.6 Å². The van der Waals surface area contributed by atoms with Gasteiger partial charge in [0.1, 0.15) is 24.3 Å². The number of ether oxygens (including phenoxy) is 1. The molecule has 1 aromatic carbocycles. The Morgan fingerprint density at radius 2 is 1.80 bits per heavy atom. The Morgan fingerprint density at radius 1 is 1.12 bits per heavy atom. The van der Waals surface area contributed by atoms with Crippen LogP contribution in [-0.4, -0.2) is 74.7 Å². The van der Waals surface area contributed by atoms with Gasteiger partial charge in [0.25, 0.3) is 0 Å². The highest BCUT2D eigenvalue weighted by atomic mass is 16.5. The lowest BCUT2D eigenvalue weighted by Gasteiger charge is -2.39. The Balaban J connectivity index is 0.00000226. The second-order valence-electron chi connectivity index (χ2n) is 12.0. The zero-order chi connectivity index (χ0) is 30.7. The molecule has 2 saturated carbocycles. The van der Waals surface area contributed by atoms with Gasteiger partial charge in [0.2, 0.25) is 17.7 Å². The summed E-state index contributed by atoms with van der Waals surface area (Å²) in [6, 6.07) is 1.65. The fourth-order valence-electron chi connectivity index (χ4n) is 6.68. The number of carbonyl (C=O) groups is 4. The highest BCUT2D eigenvalue weighted by molar-refractivity contribution is 5.95. The number of nitrogens with zero attached hydrogens (tertiary/aromatic N) is 1. The predicted octanol–water partition coefficient (Wildman–Crippen LogP) is 2.14. The molecule has 11 nitrogen and oxygen atoms in total. The summed E-state index contributed by atoms with van der Waals surface area (Å²) in [7, 11) is 0. The number of phenols is 2. The third-order valence-electron chi connectivity index (χ3n) is 9.57. The van der Waals surface area contributed by atoms with Gasteiger partial charge in [0, 0.05) is 18.4 Å². The fraction of sp³-hybridized carbons (Fsp3) is 0.667. The van der Waals surface area contributed by atoms with Crippen molar-refractivity contribution in [2.75, 3.05) is 6.54 Å². The van der Waals surface area contributed by atoms with Crippen LogP contribution in [0.15, 0.2) is 18.2 Å². The van der Waals surface area contributed by atoms with E-state index in [1.807, 2.05) is 13.8 Å². The van der Waals surface area contributed by atoms with Crippen molar-refractivity contribution in [1.29, 1.82) is 0 Å². The number of hydrogen-bond donors (Lipinski definition) is 5. The number of primary amides is 1. The Hall–Kier alpha value is -3.34. The fourth-order valence-corrected chi connectivity index (χ4v) is 6.68. The number of amides is 3. The van der Waals surface area contributed by atoms with Crippen molar-refractivity contribution in [2.24, 2.45) is 22.5 Å². The smallest absolute Gasteiger partial charge is 0.329 e. The molecule has 6 N–H and O–H groups in total. The second kappa shape index (κ2) is 12.7. The van der Waals surface area contributed by atoms with Crippen LogP contribution < -0.4 is 11.1 Å². The van der Waals surface area contributed by atoms with Crippen LogP contribution in [0.5, 0.6) is 11.5 Å². The summed E-state index contributed by atoms with van der Waals surface area (Å²) in [4.78, 5) is 52.6. The predicted molar refractivity (Wildman–Crippen MR) is 150 cm³/mol. The first-order valence-electron chi connectivity index (χ1n) is 14.5. The summed E-state index contributed by atoms with van der Waals surface area (Å²) in [5.41, 5.74) is 5.64. The third kappa shape index (κ3) is 6.45. The number of carbonyl (C=O) groups excluding carboxylic acids is 4. The molecule has 2 bridgehead atoms. The minimum atomic E-state index is -1.61. The van der Waals surface area contributed by atoms with Gasteiger partial charge in [-0.25, -0.2) is 4.79 Å². The summed E-state index contributed by atoms with van der Waals surface area (Å²) in [5.74, 6) is -3.14. The van der Waals surface area contributed by atoms with Gasteiger partial charge in [0.05, 0.1) is 6.42 Å². The molecular weight excluding hydrogens is 530 g/mol. The quantitative estimate of drug-likeness (QED) is 0.219. The third-order valence-corrected chi connectivity index (χ3v) is 9.57. The number of rotatable bonds is 9. The molecule has 6 atom stereocenters. The Labute approximate surface area is 241 Å². The molecular formula is C30H45N3O8. The van der Waals surface area contributed by atoms with E-state index in [4.69, 9.17) is 10.5 Å². The molecule has 1 heterocycles. The molecule has 6 unspecified atom stereocenters. The average Bonchev–Trinajstić information content (AvgIpc) is 3.54. The summed E-state index contributed by atoms with van der Waals surface area (Å²) in [5, 5.41) is 31.9. The number of phenolic OH excluding ortho intramolecular Hbond substituents is 2. The lowest BCUT2D eigenvalue weighted by molar-refractivity contribution is -0.165. The largest absolute Gasteiger partial charge is 0.504 e. The molecule has 4 rings (SSSR count). The van der Waals surface area contributed by atoms with E-state index < -0.39 is 54.0 Å². The Morgan fingerprint density at radius 3 is 2.37 bits per heavy atom. The van der Waals surface area contributed by atoms with Gasteiger partial charge in [-0.15, -0.1) is 0 Å². The SMILES string of the molecule is CC.CC1(C)C2CCC1(C)C(OC(=O)C1CCCN1C(=O)C(CC(N)=O)NC(=O)C(O)Cc1ccc(O)c(O)c1)C2. The van der Waals surface area contributed by atoms with Crippen LogP contribution in [0.4, 0.5) is 0 Å². The highest BCUT2D eigenvalue weighted by Gasteiger charge is 2.63. The number of esters is 1. The molecule has 3 fully saturated rings. The topological polar surface area (TPSA) is 179 Å². The summed E-state index contributed by atoms with van der Waals surface area (Å²) >= 11 is 0. The molecule has 3 aliphatic rings. The number of nitrogens with one attached hydrogen (secondary N) is 1. The van der Waals surface area contributed by atoms with Crippen molar-refractivity contribution in [3.63, 3.8) is 0 Å². The van der Waals surface area contributed by atoms with E-state index in [0.717, 1.165) is 19.3 Å². The molecule has 0 aromatic heterocycles. The first-order chi connectivity index (χ1) is 19.2. The Kier molecular flexibility index (Phi) is 9.94. The number of fused-ring (bicyclic) bond motifs is 2. The van der Waals surface area contributed by atoms with E-state index >= 15 is 0 Å². The van der Waals surface area contributed by atoms with Gasteiger partial charge in [-0.2, -0.15) is 0 Å². The van der Waals surface area contributed by atoms with Gasteiger partial charge in [-0.05, 0) is 61.1 Å². The van der Waals surface area contributed by atoms with Crippen LogP contribution in [0.3, 0.4) is 0 Å². The highest BCUT2D eigenvalue weighted by Crippen LogP contribution is 2.66. The maximum Gasteiger partial charge on any atom is 0.329 e. The molecule has 2 aliphatic carbocycles. The minimum Gasteiger partial charge on any atom is -0.504 e. The van der Waals surface area contributed by atoms with Crippen molar-refractivity contribution < 1.29 is 39.2 Å². The molecule has 41 heavy (non-hydrogen) atoms. The van der Waals surface area contributed by atoms with E-state index in [0.29, 0.717) is 24.3 Å². The molecule has 1 aliphatic heterocycles. The molecule has 1 aromatic rings. The number of aliphatic hydroxyl groups is 1. The zero-order valence-corrected chi connectivity index (χ0v) is 24.7. The maximum atomic E-state index is 13.5. The summed E-state index contributed by atoms with van der Waals surface area (Å²) in [6.45, 7) is 10.9. The van der Waals surface area contributed by atoms with Crippen LogP contribution in [0, 0.1) is 16.7 Å². The molecule has 1 saturated heterocycles. The number of hydrogen-bond acceptors (Lipinski definition) is 8. The van der Waals surface area contributed by atoms with Crippen LogP contribution in [0.2, 0.25) is 0 Å². The van der Waals surface area contributed by atoms with Crippen molar-refractivity contribution in [1.82, 2.24) is 10.2 Å². The van der Waals surface area contributed by atoms with E-state index in [2.05, 4.69) is 26.1 Å². The first kappa shape index (κ1) is 32.2. The van der Waals surface area contributed by atoms with Crippen LogP contribution in [-0.2, 0) is 30.3 Å². The normalized spacial score (nSPS) is 27.4. The molecule has 0 spiro atoms. The van der Waals surface area contributed by atoms with Crippen molar-refractivity contribution >= 4 is 23.7 Å². The van der Waals surface area contributed by atoms with Crippen molar-refractivity contribution in [2.45, 2.75) is 104 Å². The van der Waals surface area contributed by atoms with Gasteiger partial charge >= 0.3 is 5.97 Å². The van der Waals surface area contributed by atoms with Crippen molar-refractivity contribution in [3.05, 3.63) is 23.8 Å². The van der Waals surface area contributed by atoms with Gasteiger partial charge < -0.3 is 36.0 Å². The number of nitrogens with two attached hydrogens (primary N) is 1. The summed E-state index contributed by atoms with van der Waals surface area (Å²) < 4.78 is 6.02. The second-order valence-corrected chi connectivity index (χ2v) is 12.0. The standard InChI is InChI=1S/C28H39N3O8.C2H6/c1-27(2)16-8-9-28(27,3)22(13-16)39-26(38)18-5-4-10-31(18)25(37)17(14-23(29)35)30-24(36)21(34)12-15-6-7-19(32)20(33)11-15;1-2/h6-7,11,16-18,21-22,32-34H,4-5,8-10,12-14H2,1-3H3,(H2,29,35)(H,30,36);1-2H3. The van der Waals surface area contributed by atoms with Crippen LogP contribution in [0.1, 0.15) is 78.7 Å². The van der Waals surface area contributed by atoms with Gasteiger partial charge in [0.15, 0.2) is 11.5 Å². The van der Waals surface area contributed by atoms with Crippen LogP contribution >= 0.6 is 0 Å². The zero-order valence-electron chi connectivity index (χ0n) is 24.7. The van der Waals surface area contributed by atoms with Crippen LogP contribution in [0.25, 0.3) is 0 Å². The number of aromatic hydroxyl groups is 2. The average molecular weight is 576 g/mol. The van der Waals surface area contributed by atoms with E-state index in [1.54, 1.807) is 0 Å². The van der Waals surface area contributed by atoms with E-state index in [1.165, 1.54) is 23.1 Å². The molecule has 0 radical (unpaired) electrons. The molecule has 3 amide bonds. The summed E-state index contributed by atoms with van der Waals surface area (Å²) in [6.07, 6.45) is 1.29. The maximum absolute atomic E-state index is 13.5. The molecule has 11 heteroatoms. The first-order valence-corrected chi connectivity index (χ1v) is 14.5. The minimum absolute atomic E-state index is 0.0553. The van der Waals surface area contributed by atoms with Gasteiger partial charge in [-0.3, -0.25) is 14.4 Å². The number of likely N-dealkylation sites (tertiary alicyclic amines) is 1. The van der Waals surface area contributed by atoms with Gasteiger partial charge in [-0.1, -0.05) is 40.7 Å². The van der Waals surface area contributed by atoms with E-state index in [9.17, 15) is 34.5 Å².